The number of H-pyrrole nitrogens is 1. The topological polar surface area (TPSA) is 111 Å². The second kappa shape index (κ2) is 9.95. The predicted octanol–water partition coefficient (Wildman–Crippen LogP) is 3.24. The van der Waals surface area contributed by atoms with Crippen molar-refractivity contribution in [3.05, 3.63) is 59.5 Å². The predicted molar refractivity (Wildman–Crippen MR) is 127 cm³/mol. The second-order valence-corrected chi connectivity index (χ2v) is 10.3. The van der Waals surface area contributed by atoms with E-state index < -0.39 is 20.9 Å². The van der Waals surface area contributed by atoms with Crippen molar-refractivity contribution >= 4 is 15.7 Å². The molecule has 11 heteroatoms. The summed E-state index contributed by atoms with van der Waals surface area (Å²) in [5, 5.41) is 5.98. The average molecular weight is 504 g/mol. The zero-order chi connectivity index (χ0) is 25.2. The number of halogens is 1. The Bertz CT molecular complexity index is 1320. The highest BCUT2D eigenvalue weighted by Gasteiger charge is 2.34. The molecule has 3 aromatic rings. The van der Waals surface area contributed by atoms with E-state index in [0.717, 1.165) is 0 Å². The Morgan fingerprint density at radius 3 is 2.37 bits per heavy atom. The molecular weight excluding hydrogens is 477 g/mol. The zero-order valence-electron chi connectivity index (χ0n) is 19.6. The van der Waals surface area contributed by atoms with Crippen LogP contribution in [-0.4, -0.2) is 69.6 Å². The van der Waals surface area contributed by atoms with Gasteiger partial charge in [-0.2, -0.15) is 5.10 Å². The number of benzene rings is 2. The number of aromatic amines is 1. The van der Waals surface area contributed by atoms with Gasteiger partial charge in [0.2, 0.25) is 5.75 Å². The quantitative estimate of drug-likeness (QED) is 0.550. The van der Waals surface area contributed by atoms with Crippen LogP contribution in [-0.2, 0) is 9.84 Å². The monoisotopic (exact) mass is 503 g/mol. The number of rotatable bonds is 6. The highest BCUT2D eigenvalue weighted by molar-refractivity contribution is 7.91. The van der Waals surface area contributed by atoms with Gasteiger partial charge in [-0.05, 0) is 30.7 Å². The van der Waals surface area contributed by atoms with Crippen LogP contribution in [0.3, 0.4) is 0 Å². The van der Waals surface area contributed by atoms with E-state index in [1.807, 2.05) is 0 Å². The molecule has 0 spiro atoms. The van der Waals surface area contributed by atoms with Crippen LogP contribution < -0.4 is 14.2 Å². The van der Waals surface area contributed by atoms with Crippen LogP contribution >= 0.6 is 0 Å². The van der Waals surface area contributed by atoms with Gasteiger partial charge in [-0.3, -0.25) is 9.89 Å². The minimum Gasteiger partial charge on any atom is -0.493 e. The first-order valence-electron chi connectivity index (χ1n) is 10.9. The van der Waals surface area contributed by atoms with Crippen molar-refractivity contribution in [3.63, 3.8) is 0 Å². The maximum atomic E-state index is 14.3. The summed E-state index contributed by atoms with van der Waals surface area (Å²) >= 11 is 0. The fourth-order valence-corrected chi connectivity index (χ4v) is 6.01. The van der Waals surface area contributed by atoms with Crippen molar-refractivity contribution in [2.45, 2.75) is 11.7 Å². The van der Waals surface area contributed by atoms with Crippen molar-refractivity contribution in [2.75, 3.05) is 40.2 Å². The van der Waals surface area contributed by atoms with E-state index in [9.17, 15) is 17.6 Å². The Morgan fingerprint density at radius 1 is 1.06 bits per heavy atom. The van der Waals surface area contributed by atoms with Crippen molar-refractivity contribution in [1.29, 1.82) is 0 Å². The largest absolute Gasteiger partial charge is 0.493 e. The summed E-state index contributed by atoms with van der Waals surface area (Å²) < 4.78 is 56.1. The highest BCUT2D eigenvalue weighted by Crippen LogP contribution is 2.41. The molecule has 1 N–H and O–H groups in total. The minimum absolute atomic E-state index is 0.00462. The number of hydrogen-bond acceptors (Lipinski definition) is 7. The molecule has 1 atom stereocenters. The molecule has 9 nitrogen and oxygen atoms in total. The first kappa shape index (κ1) is 24.5. The lowest BCUT2D eigenvalue weighted by Crippen LogP contribution is -2.33. The Labute approximate surface area is 202 Å². The summed E-state index contributed by atoms with van der Waals surface area (Å²) in [6.07, 6.45) is 0.100. The number of methoxy groups -OCH3 is 3. The van der Waals surface area contributed by atoms with Crippen LogP contribution in [0, 0.1) is 5.82 Å². The molecule has 35 heavy (non-hydrogen) atoms. The number of aromatic nitrogens is 2. The number of nitrogens with one attached hydrogen (secondary N) is 1. The fourth-order valence-electron chi connectivity index (χ4n) is 4.21. The van der Waals surface area contributed by atoms with E-state index in [1.54, 1.807) is 24.3 Å². The molecule has 186 valence electrons. The van der Waals surface area contributed by atoms with Crippen molar-refractivity contribution in [1.82, 2.24) is 15.1 Å². The summed E-state index contributed by atoms with van der Waals surface area (Å²) in [4.78, 5) is 14.6. The van der Waals surface area contributed by atoms with Gasteiger partial charge >= 0.3 is 0 Å². The van der Waals surface area contributed by atoms with Crippen molar-refractivity contribution in [2.24, 2.45) is 0 Å². The molecule has 1 unspecified atom stereocenters. The van der Waals surface area contributed by atoms with Gasteiger partial charge in [0.15, 0.2) is 21.3 Å². The molecule has 1 aliphatic heterocycles. The van der Waals surface area contributed by atoms with E-state index in [-0.39, 0.29) is 42.4 Å². The normalized spacial score (nSPS) is 17.5. The number of carbonyl (C=O) groups excluding carboxylic acids is 1. The van der Waals surface area contributed by atoms with E-state index in [0.29, 0.717) is 28.5 Å². The van der Waals surface area contributed by atoms with Gasteiger partial charge in [0.05, 0.1) is 38.0 Å². The molecule has 1 aromatic heterocycles. The number of nitrogens with zero attached hydrogens (tertiary/aromatic N) is 2. The Balaban J connectivity index is 1.57. The van der Waals surface area contributed by atoms with Gasteiger partial charge in [-0.15, -0.1) is 0 Å². The molecule has 2 aromatic carbocycles. The van der Waals surface area contributed by atoms with Crippen LogP contribution in [0.25, 0.3) is 11.3 Å². The Kier molecular flexibility index (Phi) is 6.97. The molecule has 0 aliphatic carbocycles. The number of ether oxygens (including phenoxy) is 3. The summed E-state index contributed by atoms with van der Waals surface area (Å²) in [5.41, 5.74) is 1.44. The van der Waals surface area contributed by atoms with Crippen molar-refractivity contribution < 1.29 is 31.8 Å². The van der Waals surface area contributed by atoms with Crippen LogP contribution in [0.1, 0.15) is 27.7 Å². The molecule has 1 saturated heterocycles. The lowest BCUT2D eigenvalue weighted by atomic mass is 10.1. The van der Waals surface area contributed by atoms with Crippen LogP contribution in [0.2, 0.25) is 0 Å². The molecule has 1 fully saturated rings. The van der Waals surface area contributed by atoms with Gasteiger partial charge in [-0.25, -0.2) is 12.8 Å². The second-order valence-electron chi connectivity index (χ2n) is 8.04. The number of carbonyl (C=O) groups is 1. The molecule has 0 bridgehead atoms. The molecule has 1 amide bonds. The Morgan fingerprint density at radius 2 is 1.74 bits per heavy atom. The van der Waals surface area contributed by atoms with E-state index in [2.05, 4.69) is 10.2 Å². The van der Waals surface area contributed by atoms with Gasteiger partial charge in [0.25, 0.3) is 5.91 Å². The molecule has 0 radical (unpaired) electrons. The smallest absolute Gasteiger partial charge is 0.271 e. The standard InChI is InChI=1S/C24H26FN3O6S/c1-32-20-12-15(13-21(33-2)23(20)34-3)18-14-19(27-26-18)24(29)28-9-8-22(35(30,31)11-10-28)16-6-4-5-7-17(16)25/h4-7,12-14,22H,8-11H2,1-3H3,(H,26,27). The van der Waals surface area contributed by atoms with Crippen LogP contribution in [0.15, 0.2) is 42.5 Å². The first-order chi connectivity index (χ1) is 16.8. The molecule has 0 saturated carbocycles. The zero-order valence-corrected chi connectivity index (χ0v) is 20.4. The highest BCUT2D eigenvalue weighted by atomic mass is 32.2. The third-order valence-corrected chi connectivity index (χ3v) is 8.16. The molecular formula is C24H26FN3O6S. The summed E-state index contributed by atoms with van der Waals surface area (Å²) in [7, 11) is 0.865. The molecule has 2 heterocycles. The van der Waals surface area contributed by atoms with E-state index in [4.69, 9.17) is 14.2 Å². The van der Waals surface area contributed by atoms with E-state index in [1.165, 1.54) is 44.4 Å². The minimum atomic E-state index is -3.64. The summed E-state index contributed by atoms with van der Waals surface area (Å²) in [5.74, 6) is 0.0982. The SMILES string of the molecule is COc1cc(-c2cc(C(=O)N3CCC(c4ccccc4F)S(=O)(=O)CC3)[nH]n2)cc(OC)c1OC. The summed E-state index contributed by atoms with van der Waals surface area (Å²) in [6.45, 7) is 0.167. The van der Waals surface area contributed by atoms with Gasteiger partial charge in [-0.1, -0.05) is 18.2 Å². The lowest BCUT2D eigenvalue weighted by molar-refractivity contribution is 0.0760. The van der Waals surface area contributed by atoms with Crippen LogP contribution in [0.5, 0.6) is 17.2 Å². The van der Waals surface area contributed by atoms with E-state index >= 15 is 0 Å². The van der Waals surface area contributed by atoms with Gasteiger partial charge in [0, 0.05) is 24.2 Å². The molecule has 4 rings (SSSR count). The van der Waals surface area contributed by atoms with Gasteiger partial charge in [0.1, 0.15) is 11.5 Å². The Hall–Kier alpha value is -3.60. The van der Waals surface area contributed by atoms with Gasteiger partial charge < -0.3 is 19.1 Å². The fraction of sp³-hybridized carbons (Fsp3) is 0.333. The molecule has 1 aliphatic rings. The van der Waals surface area contributed by atoms with Crippen molar-refractivity contribution in [3.8, 4) is 28.5 Å². The average Bonchev–Trinajstić information content (AvgIpc) is 3.29. The maximum absolute atomic E-state index is 14.3. The third kappa shape index (κ3) is 4.81. The maximum Gasteiger partial charge on any atom is 0.271 e. The number of amides is 1. The lowest BCUT2D eigenvalue weighted by Gasteiger charge is -2.19. The number of hydrogen-bond donors (Lipinski definition) is 1. The van der Waals surface area contributed by atoms with Crippen LogP contribution in [0.4, 0.5) is 4.39 Å². The number of sulfone groups is 1. The third-order valence-electron chi connectivity index (χ3n) is 6.05. The first-order valence-corrected chi connectivity index (χ1v) is 12.6. The summed E-state index contributed by atoms with van der Waals surface area (Å²) in [6, 6.07) is 10.9.